The Morgan fingerprint density at radius 2 is 1.51 bits per heavy atom. The molecule has 0 radical (unpaired) electrons. The number of benzene rings is 2. The number of nitrogens with one attached hydrogen (secondary N) is 3. The van der Waals surface area contributed by atoms with Crippen molar-refractivity contribution in [3.8, 4) is 0 Å². The first-order valence-electron chi connectivity index (χ1n) is 12.5. The summed E-state index contributed by atoms with van der Waals surface area (Å²) in [6.07, 6.45) is -5.11. The van der Waals surface area contributed by atoms with Crippen molar-refractivity contribution in [3.63, 3.8) is 0 Å². The maximum absolute atomic E-state index is 10.6. The van der Waals surface area contributed by atoms with Crippen LogP contribution >= 0.6 is 11.6 Å². The van der Waals surface area contributed by atoms with Gasteiger partial charge >= 0.3 is 24.3 Å². The number of hydrogen-bond acceptors (Lipinski definition) is 9. The smallest absolute Gasteiger partial charge is 0.475 e. The van der Waals surface area contributed by atoms with Gasteiger partial charge in [0.2, 0.25) is 11.9 Å². The molecule has 0 aliphatic carbocycles. The van der Waals surface area contributed by atoms with E-state index >= 15 is 0 Å². The molecule has 5 N–H and O–H groups in total. The third-order valence-electron chi connectivity index (χ3n) is 5.50. The van der Waals surface area contributed by atoms with Gasteiger partial charge in [-0.05, 0) is 67.3 Å². The van der Waals surface area contributed by atoms with E-state index in [2.05, 4.69) is 54.1 Å². The summed E-state index contributed by atoms with van der Waals surface area (Å²) in [6.45, 7) is 1.95. The molecule has 2 aromatic heterocycles. The molecule has 5 rings (SSSR count). The van der Waals surface area contributed by atoms with Gasteiger partial charge in [0.15, 0.2) is 5.82 Å². The fourth-order valence-corrected chi connectivity index (χ4v) is 3.63. The Hall–Kier alpha value is -5.19. The number of halogens is 7. The fourth-order valence-electron chi connectivity index (χ4n) is 3.49. The molecule has 0 unspecified atom stereocenters. The lowest BCUT2D eigenvalue weighted by atomic mass is 10.0. The summed E-state index contributed by atoms with van der Waals surface area (Å²) < 4.78 is 63.5. The van der Waals surface area contributed by atoms with E-state index in [1.165, 1.54) is 5.56 Å². The maximum Gasteiger partial charge on any atom is 0.490 e. The number of hydrogen-bond donors (Lipinski definition) is 5. The second-order valence-corrected chi connectivity index (χ2v) is 9.37. The summed E-state index contributed by atoms with van der Waals surface area (Å²) in [7, 11) is 0. The Kier molecular flexibility index (Phi) is 11.1. The molecule has 2 aromatic carbocycles. The molecule has 0 atom stereocenters. The monoisotopic (exact) mass is 657 g/mol. The zero-order valence-corrected chi connectivity index (χ0v) is 23.6. The van der Waals surface area contributed by atoms with Crippen molar-refractivity contribution in [2.45, 2.75) is 32.1 Å². The fraction of sp³-hybridized carbons (Fsp3) is 0.185. The number of fused-ring (bicyclic) bond motifs is 6. The minimum atomic E-state index is -5.08. The predicted molar refractivity (Wildman–Crippen MR) is 151 cm³/mol. The van der Waals surface area contributed by atoms with Gasteiger partial charge in [-0.3, -0.25) is 0 Å². The Bertz CT molecular complexity index is 1650. The van der Waals surface area contributed by atoms with Gasteiger partial charge in [0, 0.05) is 29.0 Å². The van der Waals surface area contributed by atoms with E-state index in [-0.39, 0.29) is 0 Å². The van der Waals surface area contributed by atoms with Crippen LogP contribution < -0.4 is 16.0 Å². The lowest BCUT2D eigenvalue weighted by molar-refractivity contribution is -0.193. The predicted octanol–water partition coefficient (Wildman–Crippen LogP) is 6.82. The van der Waals surface area contributed by atoms with Crippen molar-refractivity contribution in [2.75, 3.05) is 16.0 Å². The molecule has 45 heavy (non-hydrogen) atoms. The van der Waals surface area contributed by atoms with Crippen molar-refractivity contribution in [1.29, 1.82) is 0 Å². The van der Waals surface area contributed by atoms with E-state index in [4.69, 9.17) is 31.4 Å². The molecule has 0 fully saturated rings. The van der Waals surface area contributed by atoms with E-state index in [1.54, 1.807) is 12.4 Å². The first-order valence-corrected chi connectivity index (χ1v) is 12.8. The topological polar surface area (TPSA) is 162 Å². The second-order valence-electron chi connectivity index (χ2n) is 8.96. The molecular weight excluding hydrogens is 636 g/mol. The van der Waals surface area contributed by atoms with Gasteiger partial charge in [-0.15, -0.1) is 0 Å². The molecule has 0 saturated heterocycles. The van der Waals surface area contributed by atoms with E-state index in [0.29, 0.717) is 22.7 Å². The van der Waals surface area contributed by atoms with Crippen molar-refractivity contribution in [2.24, 2.45) is 0 Å². The second kappa shape index (κ2) is 14.5. The summed E-state index contributed by atoms with van der Waals surface area (Å²) in [4.78, 5) is 35.4. The number of aliphatic carboxylic acids is 2. The number of alkyl halides is 6. The number of nitrogens with zero attached hydrogens (tertiary/aromatic N) is 4. The molecular formula is C27H22ClF6N7O4. The number of carboxylic acid groups (broad SMARTS) is 2. The van der Waals surface area contributed by atoms with Gasteiger partial charge in [0.05, 0.1) is 6.20 Å². The van der Waals surface area contributed by atoms with Gasteiger partial charge in [-0.1, -0.05) is 23.7 Å². The molecule has 11 nitrogen and oxygen atoms in total. The van der Waals surface area contributed by atoms with Crippen LogP contribution in [0.1, 0.15) is 16.8 Å². The summed E-state index contributed by atoms with van der Waals surface area (Å²) in [5, 5.41) is 24.6. The van der Waals surface area contributed by atoms with Crippen LogP contribution in [-0.4, -0.2) is 54.4 Å². The van der Waals surface area contributed by atoms with Crippen LogP contribution in [0.25, 0.3) is 0 Å². The molecule has 4 aromatic rings. The number of carboxylic acids is 2. The van der Waals surface area contributed by atoms with Crippen LogP contribution in [0.15, 0.2) is 60.9 Å². The zero-order valence-electron chi connectivity index (χ0n) is 22.8. The molecule has 18 heteroatoms. The van der Waals surface area contributed by atoms with Crippen LogP contribution in [0, 0.1) is 6.92 Å². The Labute approximate surface area is 255 Å². The van der Waals surface area contributed by atoms with Gasteiger partial charge in [-0.25, -0.2) is 24.5 Å². The highest BCUT2D eigenvalue weighted by atomic mass is 35.5. The van der Waals surface area contributed by atoms with Crippen molar-refractivity contribution >= 4 is 58.3 Å². The highest BCUT2D eigenvalue weighted by Gasteiger charge is 2.38. The Balaban J connectivity index is 0.000000331. The molecule has 0 saturated carbocycles. The average Bonchev–Trinajstić information content (AvgIpc) is 2.95. The van der Waals surface area contributed by atoms with Crippen molar-refractivity contribution in [3.05, 3.63) is 82.8 Å². The summed E-state index contributed by atoms with van der Waals surface area (Å²) in [5.41, 5.74) is 6.06. The molecule has 0 amide bonds. The summed E-state index contributed by atoms with van der Waals surface area (Å²) >= 11 is 6.34. The molecule has 1 aliphatic heterocycles. The van der Waals surface area contributed by atoms with Gasteiger partial charge in [0.25, 0.3) is 0 Å². The van der Waals surface area contributed by atoms with Crippen LogP contribution in [0.4, 0.5) is 61.1 Å². The van der Waals surface area contributed by atoms with Crippen LogP contribution in [0.3, 0.4) is 0 Å². The van der Waals surface area contributed by atoms with E-state index in [9.17, 15) is 26.3 Å². The maximum atomic E-state index is 10.6. The number of rotatable bonds is 2. The van der Waals surface area contributed by atoms with Crippen LogP contribution in [0.2, 0.25) is 5.02 Å². The average molecular weight is 658 g/mol. The standard InChI is InChI=1S/C23H20ClN7.2C2HF3O2/c1-14-9-10-25-22(27-14)30-20-8-7-18-12-16(20)6-5-15-3-2-4-17(11-15)29-23-26-13-19(24)21(28-18)31-23;2*3-2(4,5)1(6)7/h2-4,7-13H,5-6H2,1H3,(H,25,27,30)(H2,26,28,29,31);2*(H,6,7). The minimum Gasteiger partial charge on any atom is -0.475 e. The van der Waals surface area contributed by atoms with Crippen LogP contribution in [0.5, 0.6) is 0 Å². The molecule has 3 heterocycles. The third kappa shape index (κ3) is 10.8. The number of anilines is 6. The van der Waals surface area contributed by atoms with Gasteiger partial charge in [-0.2, -0.15) is 31.3 Å². The lowest BCUT2D eigenvalue weighted by Crippen LogP contribution is -2.21. The lowest BCUT2D eigenvalue weighted by Gasteiger charge is -2.14. The highest BCUT2D eigenvalue weighted by Crippen LogP contribution is 2.30. The van der Waals surface area contributed by atoms with Crippen molar-refractivity contribution in [1.82, 2.24) is 19.9 Å². The van der Waals surface area contributed by atoms with E-state index < -0.39 is 24.3 Å². The number of aryl methyl sites for hydroxylation is 3. The molecule has 0 spiro atoms. The minimum absolute atomic E-state index is 0.450. The molecule has 6 bridgehead atoms. The zero-order chi connectivity index (χ0) is 33.4. The SMILES string of the molecule is Cc1ccnc(Nc2ccc3cc2CCc2cccc(c2)Nc2ncc(Cl)c(n2)N3)n1.O=C(O)C(F)(F)F.O=C(O)C(F)(F)F. The highest BCUT2D eigenvalue weighted by molar-refractivity contribution is 6.32. The van der Waals surface area contributed by atoms with E-state index in [0.717, 1.165) is 41.2 Å². The summed E-state index contributed by atoms with van der Waals surface area (Å²) in [5.74, 6) is -3.91. The largest absolute Gasteiger partial charge is 0.490 e. The van der Waals surface area contributed by atoms with Gasteiger partial charge in [0.1, 0.15) is 5.02 Å². The number of aromatic nitrogens is 4. The first-order chi connectivity index (χ1) is 21.0. The normalized spacial score (nSPS) is 12.1. The Morgan fingerprint density at radius 3 is 2.13 bits per heavy atom. The van der Waals surface area contributed by atoms with Crippen LogP contribution in [-0.2, 0) is 22.4 Å². The Morgan fingerprint density at radius 1 is 0.867 bits per heavy atom. The molecule has 238 valence electrons. The van der Waals surface area contributed by atoms with Crippen molar-refractivity contribution < 1.29 is 46.1 Å². The summed E-state index contributed by atoms with van der Waals surface area (Å²) in [6, 6.07) is 16.2. The first kappa shape index (κ1) is 34.3. The van der Waals surface area contributed by atoms with Gasteiger partial charge < -0.3 is 26.2 Å². The third-order valence-corrected chi connectivity index (χ3v) is 5.78. The molecule has 1 aliphatic rings. The quantitative estimate of drug-likeness (QED) is 0.144. The van der Waals surface area contributed by atoms with E-state index in [1.807, 2.05) is 37.3 Å². The number of carbonyl (C=O) groups is 2.